The quantitative estimate of drug-likeness (QED) is 0.455. The van der Waals surface area contributed by atoms with Crippen LogP contribution in [0, 0.1) is 10.1 Å². The molecule has 2 N–H and O–H groups in total. The van der Waals surface area contributed by atoms with Crippen molar-refractivity contribution in [2.75, 3.05) is 7.11 Å². The Labute approximate surface area is 124 Å². The highest BCUT2D eigenvalue weighted by Gasteiger charge is 2.36. The van der Waals surface area contributed by atoms with Gasteiger partial charge in [-0.2, -0.15) is 0 Å². The molecule has 0 radical (unpaired) electrons. The molecule has 1 heterocycles. The first-order chi connectivity index (χ1) is 10.4. The number of hydrogen-bond donors (Lipinski definition) is 2. The van der Waals surface area contributed by atoms with E-state index in [0.29, 0.717) is 0 Å². The molecule has 3 unspecified atom stereocenters. The number of methoxy groups -OCH3 is 1. The number of esters is 1. The first-order valence-corrected chi connectivity index (χ1v) is 6.16. The first-order valence-electron chi connectivity index (χ1n) is 6.16. The lowest BCUT2D eigenvalue weighted by Crippen LogP contribution is -2.46. The molecule has 9 nitrogen and oxygen atoms in total. The number of benzene rings is 1. The lowest BCUT2D eigenvalue weighted by atomic mass is 10.1. The summed E-state index contributed by atoms with van der Waals surface area (Å²) < 4.78 is 14.9. The molecular weight excluding hydrogens is 298 g/mol. The van der Waals surface area contributed by atoms with Crippen LogP contribution in [0.2, 0.25) is 0 Å². The smallest absolute Gasteiger partial charge is 0.373 e. The van der Waals surface area contributed by atoms with Gasteiger partial charge in [0, 0.05) is 12.1 Å². The summed E-state index contributed by atoms with van der Waals surface area (Å²) >= 11 is 0. The first kappa shape index (κ1) is 15.7. The summed E-state index contributed by atoms with van der Waals surface area (Å²) in [5.74, 6) is -0.969. The molecule has 118 valence electrons. The maximum atomic E-state index is 11.4. The van der Waals surface area contributed by atoms with Crippen LogP contribution in [0.1, 0.15) is 0 Å². The zero-order chi connectivity index (χ0) is 16.3. The van der Waals surface area contributed by atoms with Crippen LogP contribution in [0.4, 0.5) is 5.69 Å². The Bertz CT molecular complexity index is 597. The van der Waals surface area contributed by atoms with Crippen LogP contribution in [-0.4, -0.2) is 46.7 Å². The number of nitro groups is 1. The third-order valence-corrected chi connectivity index (χ3v) is 2.88. The molecule has 0 fully saturated rings. The van der Waals surface area contributed by atoms with Crippen LogP contribution in [0.25, 0.3) is 0 Å². The highest BCUT2D eigenvalue weighted by Crippen LogP contribution is 2.24. The van der Waals surface area contributed by atoms with Crippen molar-refractivity contribution in [2.45, 2.75) is 18.5 Å². The molecule has 1 aromatic rings. The molecule has 1 aromatic carbocycles. The minimum absolute atomic E-state index is 0.132. The number of nitrogens with zero attached hydrogens (tertiary/aromatic N) is 1. The van der Waals surface area contributed by atoms with Crippen LogP contribution < -0.4 is 4.74 Å². The average Bonchev–Trinajstić information content (AvgIpc) is 2.51. The SMILES string of the molecule is COC(=O)C1=CC(O)C(O)C(Oc2ccc([N+](=O)[O-])cc2)O1. The van der Waals surface area contributed by atoms with Gasteiger partial charge in [-0.3, -0.25) is 10.1 Å². The molecule has 0 amide bonds. The molecule has 0 spiro atoms. The summed E-state index contributed by atoms with van der Waals surface area (Å²) in [7, 11) is 1.14. The monoisotopic (exact) mass is 311 g/mol. The predicted octanol–water partition coefficient (Wildman–Crippen LogP) is 0.109. The van der Waals surface area contributed by atoms with E-state index in [1.807, 2.05) is 0 Å². The van der Waals surface area contributed by atoms with Crippen LogP contribution in [-0.2, 0) is 14.3 Å². The van der Waals surface area contributed by atoms with Crippen LogP contribution >= 0.6 is 0 Å². The van der Waals surface area contributed by atoms with Gasteiger partial charge in [-0.1, -0.05) is 0 Å². The van der Waals surface area contributed by atoms with E-state index in [1.54, 1.807) is 0 Å². The largest absolute Gasteiger partial charge is 0.463 e. The highest BCUT2D eigenvalue weighted by molar-refractivity contribution is 5.86. The highest BCUT2D eigenvalue weighted by atomic mass is 16.7. The Morgan fingerprint density at radius 2 is 1.95 bits per heavy atom. The van der Waals surface area contributed by atoms with Gasteiger partial charge in [0.1, 0.15) is 11.9 Å². The van der Waals surface area contributed by atoms with Crippen molar-refractivity contribution in [2.24, 2.45) is 0 Å². The van der Waals surface area contributed by atoms with Crippen molar-refractivity contribution in [1.82, 2.24) is 0 Å². The number of nitro benzene ring substituents is 1. The summed E-state index contributed by atoms with van der Waals surface area (Å²) in [6, 6.07) is 5.02. The molecule has 0 bridgehead atoms. The third kappa shape index (κ3) is 3.32. The van der Waals surface area contributed by atoms with E-state index in [1.165, 1.54) is 24.3 Å². The van der Waals surface area contributed by atoms with Crippen molar-refractivity contribution in [1.29, 1.82) is 0 Å². The number of carbonyl (C=O) groups excluding carboxylic acids is 1. The molecule has 0 aromatic heterocycles. The van der Waals surface area contributed by atoms with Gasteiger partial charge in [0.25, 0.3) is 12.0 Å². The number of hydrogen-bond acceptors (Lipinski definition) is 8. The molecule has 22 heavy (non-hydrogen) atoms. The van der Waals surface area contributed by atoms with Crippen molar-refractivity contribution in [3.05, 3.63) is 46.2 Å². The fourth-order valence-electron chi connectivity index (χ4n) is 1.74. The summed E-state index contributed by atoms with van der Waals surface area (Å²) in [6.45, 7) is 0. The van der Waals surface area contributed by atoms with Gasteiger partial charge in [-0.25, -0.2) is 4.79 Å². The zero-order valence-corrected chi connectivity index (χ0v) is 11.4. The fourth-order valence-corrected chi connectivity index (χ4v) is 1.74. The second-order valence-corrected chi connectivity index (χ2v) is 4.36. The minimum Gasteiger partial charge on any atom is -0.463 e. The number of aliphatic hydroxyl groups is 2. The van der Waals surface area contributed by atoms with Crippen LogP contribution in [0.3, 0.4) is 0 Å². The van der Waals surface area contributed by atoms with E-state index in [9.17, 15) is 25.1 Å². The van der Waals surface area contributed by atoms with Gasteiger partial charge in [0.15, 0.2) is 6.10 Å². The number of aliphatic hydroxyl groups excluding tert-OH is 2. The Kier molecular flexibility index (Phi) is 4.59. The number of carbonyl (C=O) groups is 1. The van der Waals surface area contributed by atoms with Gasteiger partial charge in [0.2, 0.25) is 5.76 Å². The molecule has 0 saturated carbocycles. The Morgan fingerprint density at radius 3 is 2.50 bits per heavy atom. The lowest BCUT2D eigenvalue weighted by Gasteiger charge is -2.30. The van der Waals surface area contributed by atoms with Crippen LogP contribution in [0.5, 0.6) is 5.75 Å². The molecule has 9 heteroatoms. The van der Waals surface area contributed by atoms with Crippen molar-refractivity contribution in [3.63, 3.8) is 0 Å². The summed E-state index contributed by atoms with van der Waals surface area (Å²) in [5, 5.41) is 30.0. The van der Waals surface area contributed by atoms with E-state index in [2.05, 4.69) is 4.74 Å². The topological polar surface area (TPSA) is 128 Å². The molecule has 1 aliphatic rings. The fraction of sp³-hybridized carbons (Fsp3) is 0.308. The van der Waals surface area contributed by atoms with Gasteiger partial charge in [-0.05, 0) is 18.2 Å². The summed E-state index contributed by atoms with van der Waals surface area (Å²) in [6.07, 6.45) is -3.18. The third-order valence-electron chi connectivity index (χ3n) is 2.88. The Morgan fingerprint density at radius 1 is 1.32 bits per heavy atom. The predicted molar refractivity (Wildman–Crippen MR) is 70.7 cm³/mol. The maximum Gasteiger partial charge on any atom is 0.373 e. The minimum atomic E-state index is -1.44. The van der Waals surface area contributed by atoms with E-state index < -0.39 is 29.4 Å². The molecule has 1 aliphatic heterocycles. The summed E-state index contributed by atoms with van der Waals surface area (Å²) in [5.41, 5.74) is -0.132. The van der Waals surface area contributed by atoms with Crippen molar-refractivity contribution < 1.29 is 34.1 Å². The van der Waals surface area contributed by atoms with E-state index in [4.69, 9.17) is 9.47 Å². The standard InChI is InChI=1S/C13H13NO8/c1-20-12(17)10-6-9(15)11(16)13(22-10)21-8-4-2-7(3-5-8)14(18)19/h2-6,9,11,13,15-16H,1H3. The van der Waals surface area contributed by atoms with Gasteiger partial charge in [-0.15, -0.1) is 0 Å². The van der Waals surface area contributed by atoms with Gasteiger partial charge < -0.3 is 24.4 Å². The second-order valence-electron chi connectivity index (χ2n) is 4.36. The van der Waals surface area contributed by atoms with Crippen molar-refractivity contribution >= 4 is 11.7 Å². The molecular formula is C13H13NO8. The van der Waals surface area contributed by atoms with Crippen LogP contribution in [0.15, 0.2) is 36.1 Å². The number of rotatable bonds is 4. The number of non-ortho nitro benzene ring substituents is 1. The van der Waals surface area contributed by atoms with Gasteiger partial charge >= 0.3 is 5.97 Å². The Balaban J connectivity index is 2.13. The normalized spacial score (nSPS) is 24.0. The van der Waals surface area contributed by atoms with E-state index in [-0.39, 0.29) is 17.2 Å². The molecule has 0 saturated heterocycles. The Hall–Kier alpha value is -2.65. The maximum absolute atomic E-state index is 11.4. The molecule has 3 atom stereocenters. The zero-order valence-electron chi connectivity index (χ0n) is 11.4. The number of ether oxygens (including phenoxy) is 3. The lowest BCUT2D eigenvalue weighted by molar-refractivity contribution is -0.384. The molecule has 0 aliphatic carbocycles. The van der Waals surface area contributed by atoms with E-state index >= 15 is 0 Å². The van der Waals surface area contributed by atoms with Gasteiger partial charge in [0.05, 0.1) is 12.0 Å². The second kappa shape index (κ2) is 6.41. The summed E-state index contributed by atoms with van der Waals surface area (Å²) in [4.78, 5) is 21.4. The van der Waals surface area contributed by atoms with E-state index in [0.717, 1.165) is 13.2 Å². The molecule has 2 rings (SSSR count). The van der Waals surface area contributed by atoms with Crippen molar-refractivity contribution in [3.8, 4) is 5.75 Å². The average molecular weight is 311 g/mol.